The smallest absolute Gasteiger partial charge is 0.240 e. The normalized spacial score (nSPS) is 18.8. The van der Waals surface area contributed by atoms with Crippen molar-refractivity contribution in [1.82, 2.24) is 5.32 Å². The molecule has 1 fully saturated rings. The van der Waals surface area contributed by atoms with Gasteiger partial charge in [-0.25, -0.2) is 0 Å². The van der Waals surface area contributed by atoms with Crippen LogP contribution in [-0.2, 0) is 14.3 Å². The predicted molar refractivity (Wildman–Crippen MR) is 89.9 cm³/mol. The summed E-state index contributed by atoms with van der Waals surface area (Å²) < 4.78 is 9.96. The number of anilines is 1. The van der Waals surface area contributed by atoms with Gasteiger partial charge in [0.1, 0.15) is 11.0 Å². The topological polar surface area (TPSA) is 89.0 Å². The van der Waals surface area contributed by atoms with Gasteiger partial charge in [-0.3, -0.25) is 14.6 Å². The summed E-state index contributed by atoms with van der Waals surface area (Å²) in [7, 11) is 3.17. The van der Waals surface area contributed by atoms with Gasteiger partial charge < -0.3 is 20.1 Å². The third-order valence-electron chi connectivity index (χ3n) is 3.07. The second kappa shape index (κ2) is 8.54. The van der Waals surface area contributed by atoms with Gasteiger partial charge >= 0.3 is 0 Å². The SMILES string of the molecule is COCCN=C1NC(=O)[C@@H](CC(=O)Nc2ccc(OC)cc2)S1. The number of aliphatic imine (C=N–C) groups is 1. The zero-order valence-corrected chi connectivity index (χ0v) is 13.8. The Bertz CT molecular complexity index is 589. The van der Waals surface area contributed by atoms with Crippen molar-refractivity contribution in [2.45, 2.75) is 11.7 Å². The Balaban J connectivity index is 1.84. The van der Waals surface area contributed by atoms with E-state index >= 15 is 0 Å². The number of ether oxygens (including phenoxy) is 2. The van der Waals surface area contributed by atoms with Crippen molar-refractivity contribution in [3.63, 3.8) is 0 Å². The van der Waals surface area contributed by atoms with Gasteiger partial charge in [0.25, 0.3) is 0 Å². The van der Waals surface area contributed by atoms with E-state index in [1.165, 1.54) is 11.8 Å². The largest absolute Gasteiger partial charge is 0.497 e. The van der Waals surface area contributed by atoms with Crippen molar-refractivity contribution < 1.29 is 19.1 Å². The van der Waals surface area contributed by atoms with Crippen LogP contribution in [0.5, 0.6) is 5.75 Å². The molecule has 2 rings (SSSR count). The highest BCUT2D eigenvalue weighted by molar-refractivity contribution is 8.15. The third-order valence-corrected chi connectivity index (χ3v) is 4.19. The molecule has 0 unspecified atom stereocenters. The molecule has 0 spiro atoms. The van der Waals surface area contributed by atoms with Crippen molar-refractivity contribution in [2.24, 2.45) is 4.99 Å². The van der Waals surface area contributed by atoms with Gasteiger partial charge in [-0.1, -0.05) is 11.8 Å². The number of carbonyl (C=O) groups is 2. The molecule has 1 aromatic rings. The van der Waals surface area contributed by atoms with Gasteiger partial charge in [-0.15, -0.1) is 0 Å². The van der Waals surface area contributed by atoms with Crippen LogP contribution in [0.25, 0.3) is 0 Å². The molecule has 1 heterocycles. The number of benzene rings is 1. The van der Waals surface area contributed by atoms with E-state index in [1.54, 1.807) is 38.5 Å². The molecule has 124 valence electrons. The quantitative estimate of drug-likeness (QED) is 0.731. The highest BCUT2D eigenvalue weighted by Gasteiger charge is 2.31. The summed E-state index contributed by atoms with van der Waals surface area (Å²) in [5.74, 6) is 0.294. The van der Waals surface area contributed by atoms with Gasteiger partial charge in [0.2, 0.25) is 11.8 Å². The van der Waals surface area contributed by atoms with E-state index in [0.29, 0.717) is 29.8 Å². The molecular weight excluding hydrogens is 318 g/mol. The molecule has 0 bridgehead atoms. The average molecular weight is 337 g/mol. The number of nitrogens with one attached hydrogen (secondary N) is 2. The standard InChI is InChI=1S/C15H19N3O4S/c1-21-8-7-16-15-18-14(20)12(23-15)9-13(19)17-10-3-5-11(22-2)6-4-10/h3-6,12H,7-9H2,1-2H3,(H,17,19)(H,16,18,20)/t12-/m1/s1. The summed E-state index contributed by atoms with van der Waals surface area (Å²) in [6.07, 6.45) is 0.0891. The lowest BCUT2D eigenvalue weighted by atomic mass is 10.2. The Morgan fingerprint density at radius 1 is 1.35 bits per heavy atom. The molecule has 2 amide bonds. The van der Waals surface area contributed by atoms with Gasteiger partial charge in [0.15, 0.2) is 5.17 Å². The van der Waals surface area contributed by atoms with Gasteiger partial charge in [0, 0.05) is 19.2 Å². The Labute approximate surface area is 138 Å². The molecule has 23 heavy (non-hydrogen) atoms. The number of hydrogen-bond acceptors (Lipinski definition) is 6. The first-order valence-electron chi connectivity index (χ1n) is 7.07. The Morgan fingerprint density at radius 3 is 2.74 bits per heavy atom. The van der Waals surface area contributed by atoms with Crippen molar-refractivity contribution in [2.75, 3.05) is 32.7 Å². The first kappa shape index (κ1) is 17.3. The predicted octanol–water partition coefficient (Wildman–Crippen LogP) is 1.26. The summed E-state index contributed by atoms with van der Waals surface area (Å²) in [4.78, 5) is 28.1. The molecule has 7 nitrogen and oxygen atoms in total. The van der Waals surface area contributed by atoms with Crippen LogP contribution in [0, 0.1) is 0 Å². The second-order valence-electron chi connectivity index (χ2n) is 4.76. The number of hydrogen-bond donors (Lipinski definition) is 2. The number of amides is 2. The molecule has 0 aromatic heterocycles. The Morgan fingerprint density at radius 2 is 2.09 bits per heavy atom. The van der Waals surface area contributed by atoms with E-state index in [4.69, 9.17) is 9.47 Å². The number of thioether (sulfide) groups is 1. The number of nitrogens with zero attached hydrogens (tertiary/aromatic N) is 1. The number of carbonyl (C=O) groups excluding carboxylic acids is 2. The van der Waals surface area contributed by atoms with Crippen molar-refractivity contribution in [3.8, 4) is 5.75 Å². The summed E-state index contributed by atoms with van der Waals surface area (Å²) in [6, 6.07) is 7.01. The highest BCUT2D eigenvalue weighted by atomic mass is 32.2. The number of methoxy groups -OCH3 is 2. The Hall–Kier alpha value is -2.06. The molecule has 1 aromatic carbocycles. The molecule has 2 N–H and O–H groups in total. The highest BCUT2D eigenvalue weighted by Crippen LogP contribution is 2.23. The minimum atomic E-state index is -0.463. The summed E-state index contributed by atoms with van der Waals surface area (Å²) >= 11 is 1.27. The summed E-state index contributed by atoms with van der Waals surface area (Å²) in [5, 5.41) is 5.50. The first-order chi connectivity index (χ1) is 11.1. The van der Waals surface area contributed by atoms with Crippen molar-refractivity contribution in [1.29, 1.82) is 0 Å². The lowest BCUT2D eigenvalue weighted by molar-refractivity contribution is -0.122. The van der Waals surface area contributed by atoms with Crippen LogP contribution >= 0.6 is 11.8 Å². The van der Waals surface area contributed by atoms with Crippen LogP contribution in [0.15, 0.2) is 29.3 Å². The fourth-order valence-electron chi connectivity index (χ4n) is 1.91. The molecule has 1 atom stereocenters. The Kier molecular flexibility index (Phi) is 6.42. The van der Waals surface area contributed by atoms with E-state index < -0.39 is 5.25 Å². The molecule has 0 aliphatic carbocycles. The molecule has 8 heteroatoms. The van der Waals surface area contributed by atoms with E-state index in [0.717, 1.165) is 0 Å². The van der Waals surface area contributed by atoms with Crippen LogP contribution in [0.1, 0.15) is 6.42 Å². The van der Waals surface area contributed by atoms with Crippen LogP contribution in [0.3, 0.4) is 0 Å². The van der Waals surface area contributed by atoms with Crippen LogP contribution in [-0.4, -0.2) is 49.6 Å². The maximum Gasteiger partial charge on any atom is 0.240 e. The molecule has 0 radical (unpaired) electrons. The molecule has 1 aliphatic heterocycles. The molecule has 1 aliphatic rings. The summed E-state index contributed by atoms with van der Waals surface area (Å²) in [6.45, 7) is 0.965. The summed E-state index contributed by atoms with van der Waals surface area (Å²) in [5.41, 5.74) is 0.660. The third kappa shape index (κ3) is 5.26. The average Bonchev–Trinajstić information content (AvgIpc) is 2.88. The van der Waals surface area contributed by atoms with E-state index in [9.17, 15) is 9.59 Å². The van der Waals surface area contributed by atoms with Gasteiger partial charge in [-0.2, -0.15) is 0 Å². The zero-order valence-electron chi connectivity index (χ0n) is 13.0. The lowest BCUT2D eigenvalue weighted by Crippen LogP contribution is -2.28. The van der Waals surface area contributed by atoms with Gasteiger partial charge in [-0.05, 0) is 24.3 Å². The van der Waals surface area contributed by atoms with Crippen LogP contribution in [0.4, 0.5) is 5.69 Å². The fourth-order valence-corrected chi connectivity index (χ4v) is 2.90. The van der Waals surface area contributed by atoms with Crippen LogP contribution in [0.2, 0.25) is 0 Å². The first-order valence-corrected chi connectivity index (χ1v) is 7.95. The van der Waals surface area contributed by atoms with Gasteiger partial charge in [0.05, 0.1) is 20.3 Å². The lowest BCUT2D eigenvalue weighted by Gasteiger charge is -2.08. The number of rotatable bonds is 7. The van der Waals surface area contributed by atoms with E-state index in [2.05, 4.69) is 15.6 Å². The maximum absolute atomic E-state index is 12.0. The minimum Gasteiger partial charge on any atom is -0.497 e. The van der Waals surface area contributed by atoms with E-state index in [1.807, 2.05) is 0 Å². The molecule has 1 saturated heterocycles. The second-order valence-corrected chi connectivity index (χ2v) is 5.95. The maximum atomic E-state index is 12.0. The molecular formula is C15H19N3O4S. The van der Waals surface area contributed by atoms with Crippen molar-refractivity contribution in [3.05, 3.63) is 24.3 Å². The minimum absolute atomic E-state index is 0.0891. The van der Waals surface area contributed by atoms with Crippen LogP contribution < -0.4 is 15.4 Å². The fraction of sp³-hybridized carbons (Fsp3) is 0.400. The number of amidine groups is 1. The molecule has 0 saturated carbocycles. The zero-order chi connectivity index (χ0) is 16.7. The monoisotopic (exact) mass is 337 g/mol. The van der Waals surface area contributed by atoms with E-state index in [-0.39, 0.29) is 18.2 Å². The van der Waals surface area contributed by atoms with Crippen molar-refractivity contribution >= 4 is 34.4 Å².